The second-order valence-electron chi connectivity index (χ2n) is 8.43. The van der Waals surface area contributed by atoms with E-state index in [-0.39, 0.29) is 20.7 Å². The zero-order chi connectivity index (χ0) is 27.7. The first kappa shape index (κ1) is 28.9. The number of likely N-dealkylation sites (N-methyl/N-ethyl adjacent to an activating group) is 1. The Kier molecular flexibility index (Phi) is 8.81. The number of alkyl halides is 3. The summed E-state index contributed by atoms with van der Waals surface area (Å²) < 4.78 is 70.1. The summed E-state index contributed by atoms with van der Waals surface area (Å²) in [6.45, 7) is 1.77. The molecule has 38 heavy (non-hydrogen) atoms. The highest BCUT2D eigenvalue weighted by Crippen LogP contribution is 2.37. The molecule has 16 heteroatoms. The van der Waals surface area contributed by atoms with E-state index >= 15 is 0 Å². The zero-order valence-electron chi connectivity index (χ0n) is 19.8. The number of hydroxylamine groups is 1. The van der Waals surface area contributed by atoms with E-state index in [0.29, 0.717) is 43.0 Å². The molecule has 0 spiro atoms. The van der Waals surface area contributed by atoms with Gasteiger partial charge >= 0.3 is 12.1 Å². The highest BCUT2D eigenvalue weighted by atomic mass is 35.5. The maximum absolute atomic E-state index is 13.4. The van der Waals surface area contributed by atoms with Crippen molar-refractivity contribution in [3.63, 3.8) is 0 Å². The largest absolute Gasteiger partial charge is 0.492 e. The summed E-state index contributed by atoms with van der Waals surface area (Å²) in [5, 5.41) is 3.23. The third-order valence-electron chi connectivity index (χ3n) is 5.95. The number of carbonyl (C=O) groups excluding carboxylic acids is 1. The molecule has 2 aliphatic heterocycles. The summed E-state index contributed by atoms with van der Waals surface area (Å²) >= 11 is 13.1. The molecule has 1 saturated heterocycles. The Labute approximate surface area is 231 Å². The van der Waals surface area contributed by atoms with Gasteiger partial charge in [-0.15, -0.1) is 0 Å². The summed E-state index contributed by atoms with van der Waals surface area (Å²) in [5.41, 5.74) is -0.632. The number of amidine groups is 1. The van der Waals surface area contributed by atoms with E-state index in [1.165, 1.54) is 35.3 Å². The van der Waals surface area contributed by atoms with Crippen LogP contribution in [-0.4, -0.2) is 76.9 Å². The molecular formula is C22H22Cl2F3N5O4S2. The SMILES string of the molecule is CN(C1CCN(Cc2ccccc2Cl)C1)N1C(Cl)=NS[C@@H]1N(OC(=O)C(F)(F)F)S(=O)(=O)c1ccccc1. The van der Waals surface area contributed by atoms with Crippen molar-refractivity contribution in [2.24, 2.45) is 4.40 Å². The van der Waals surface area contributed by atoms with E-state index in [1.54, 1.807) is 18.1 Å². The van der Waals surface area contributed by atoms with Gasteiger partial charge in [0, 0.05) is 54.2 Å². The molecule has 0 saturated carbocycles. The van der Waals surface area contributed by atoms with E-state index in [4.69, 9.17) is 23.2 Å². The van der Waals surface area contributed by atoms with Gasteiger partial charge in [0.15, 0.2) is 0 Å². The highest BCUT2D eigenvalue weighted by molar-refractivity contribution is 8.00. The lowest BCUT2D eigenvalue weighted by Crippen LogP contribution is -2.57. The molecular weight excluding hydrogens is 590 g/mol. The van der Waals surface area contributed by atoms with Gasteiger partial charge in [0.25, 0.3) is 10.0 Å². The average molecular weight is 612 g/mol. The molecule has 0 amide bonds. The molecule has 1 fully saturated rings. The number of hydrogen-bond acceptors (Lipinski definition) is 9. The Morgan fingerprint density at radius 2 is 1.82 bits per heavy atom. The van der Waals surface area contributed by atoms with Crippen LogP contribution < -0.4 is 0 Å². The molecule has 206 valence electrons. The lowest BCUT2D eigenvalue weighted by molar-refractivity contribution is -0.230. The smallest absolute Gasteiger partial charge is 0.342 e. The molecule has 2 aliphatic rings. The molecule has 2 aromatic carbocycles. The Morgan fingerprint density at radius 3 is 2.47 bits per heavy atom. The normalized spacial score (nSPS) is 20.8. The summed E-state index contributed by atoms with van der Waals surface area (Å²) in [4.78, 5) is 18.0. The van der Waals surface area contributed by atoms with Gasteiger partial charge in [0.05, 0.1) is 4.90 Å². The summed E-state index contributed by atoms with van der Waals surface area (Å²) in [7, 11) is -3.15. The van der Waals surface area contributed by atoms with Crippen molar-refractivity contribution < 1.29 is 31.2 Å². The average Bonchev–Trinajstić information content (AvgIpc) is 3.50. The molecule has 2 aromatic rings. The van der Waals surface area contributed by atoms with Crippen molar-refractivity contribution in [2.45, 2.75) is 35.6 Å². The minimum Gasteiger partial charge on any atom is -0.342 e. The summed E-state index contributed by atoms with van der Waals surface area (Å²) in [6, 6.07) is 13.8. The number of rotatable bonds is 8. The lowest BCUT2D eigenvalue weighted by Gasteiger charge is -2.39. The minimum atomic E-state index is -5.44. The van der Waals surface area contributed by atoms with Crippen LogP contribution in [0.2, 0.25) is 5.02 Å². The second kappa shape index (κ2) is 11.6. The van der Waals surface area contributed by atoms with E-state index in [0.717, 1.165) is 5.56 Å². The molecule has 0 aliphatic carbocycles. The summed E-state index contributed by atoms with van der Waals surface area (Å²) in [6.07, 6.45) is -4.81. The van der Waals surface area contributed by atoms with Crippen LogP contribution in [-0.2, 0) is 26.2 Å². The number of benzene rings is 2. The van der Waals surface area contributed by atoms with Gasteiger partial charge < -0.3 is 4.84 Å². The molecule has 0 bridgehead atoms. The van der Waals surface area contributed by atoms with Gasteiger partial charge in [-0.05, 0) is 41.8 Å². The number of halogens is 5. The summed E-state index contributed by atoms with van der Waals surface area (Å²) in [5.74, 6) is -2.70. The Bertz CT molecular complexity index is 1300. The van der Waals surface area contributed by atoms with Crippen LogP contribution in [0.5, 0.6) is 0 Å². The highest BCUT2D eigenvalue weighted by Gasteiger charge is 2.51. The van der Waals surface area contributed by atoms with Crippen LogP contribution in [0.1, 0.15) is 12.0 Å². The van der Waals surface area contributed by atoms with Crippen LogP contribution in [0.4, 0.5) is 13.2 Å². The fraction of sp³-hybridized carbons (Fsp3) is 0.364. The first-order valence-corrected chi connectivity index (χ1v) is 14.2. The predicted molar refractivity (Wildman–Crippen MR) is 137 cm³/mol. The second-order valence-corrected chi connectivity index (χ2v) is 11.8. The van der Waals surface area contributed by atoms with Crippen LogP contribution >= 0.6 is 35.1 Å². The first-order chi connectivity index (χ1) is 17.9. The molecule has 0 N–H and O–H groups in total. The zero-order valence-corrected chi connectivity index (χ0v) is 22.9. The molecule has 2 atom stereocenters. The molecule has 0 aromatic heterocycles. The van der Waals surface area contributed by atoms with Crippen molar-refractivity contribution in [1.29, 1.82) is 0 Å². The van der Waals surface area contributed by atoms with Crippen LogP contribution in [0, 0.1) is 0 Å². The van der Waals surface area contributed by atoms with Crippen LogP contribution in [0.25, 0.3) is 0 Å². The number of hydrogen-bond donors (Lipinski definition) is 0. The Balaban J connectivity index is 1.58. The molecule has 2 heterocycles. The number of likely N-dealkylation sites (tertiary alicyclic amines) is 1. The fourth-order valence-electron chi connectivity index (χ4n) is 4.03. The molecule has 0 radical (unpaired) electrons. The maximum Gasteiger partial charge on any atom is 0.492 e. The fourth-order valence-corrected chi connectivity index (χ4v) is 6.99. The van der Waals surface area contributed by atoms with Crippen molar-refractivity contribution in [3.8, 4) is 0 Å². The van der Waals surface area contributed by atoms with Crippen molar-refractivity contribution in [3.05, 3.63) is 65.2 Å². The number of nitrogens with zero attached hydrogens (tertiary/aromatic N) is 5. The van der Waals surface area contributed by atoms with E-state index in [1.807, 2.05) is 18.2 Å². The van der Waals surface area contributed by atoms with Gasteiger partial charge in [0.1, 0.15) is 0 Å². The third kappa shape index (κ3) is 6.22. The van der Waals surface area contributed by atoms with Gasteiger partial charge in [-0.25, -0.2) is 23.2 Å². The Morgan fingerprint density at radius 1 is 1.16 bits per heavy atom. The van der Waals surface area contributed by atoms with E-state index in [2.05, 4.69) is 14.1 Å². The predicted octanol–water partition coefficient (Wildman–Crippen LogP) is 4.31. The lowest BCUT2D eigenvalue weighted by atomic mass is 10.2. The quantitative estimate of drug-likeness (QED) is 0.248. The van der Waals surface area contributed by atoms with Crippen molar-refractivity contribution in [1.82, 2.24) is 19.4 Å². The van der Waals surface area contributed by atoms with E-state index in [9.17, 15) is 26.4 Å². The van der Waals surface area contributed by atoms with Gasteiger partial charge in [-0.2, -0.15) is 17.6 Å². The first-order valence-electron chi connectivity index (χ1n) is 11.1. The van der Waals surface area contributed by atoms with Crippen molar-refractivity contribution in [2.75, 3.05) is 20.1 Å². The minimum absolute atomic E-state index is 0.00529. The molecule has 1 unspecified atom stereocenters. The monoisotopic (exact) mass is 611 g/mol. The van der Waals surface area contributed by atoms with E-state index < -0.39 is 27.7 Å². The Hall–Kier alpha value is -2.07. The number of carbonyl (C=O) groups is 1. The number of hydrazine groups is 1. The third-order valence-corrected chi connectivity index (χ3v) is 9.28. The standard InChI is InChI=1S/C22H22Cl2F3N5O4S2/c1-29(16-11-12-30(14-16)13-15-7-5-6-10-18(15)23)31-20(24)28-37-21(31)32(36-19(33)22(25,26)27)38(34,35)17-8-3-2-4-9-17/h2-10,16,21H,11-14H2,1H3/t16?,21-/m0/s1. The molecule has 9 nitrogen and oxygen atoms in total. The van der Waals surface area contributed by atoms with Crippen molar-refractivity contribution >= 4 is 56.4 Å². The van der Waals surface area contributed by atoms with Crippen LogP contribution in [0.15, 0.2) is 63.9 Å². The topological polar surface area (TPSA) is 85.8 Å². The maximum atomic E-state index is 13.4. The van der Waals surface area contributed by atoms with Gasteiger partial charge in [-0.1, -0.05) is 48.0 Å². The van der Waals surface area contributed by atoms with Gasteiger partial charge in [0.2, 0.25) is 10.8 Å². The molecule has 4 rings (SSSR count). The van der Waals surface area contributed by atoms with Gasteiger partial charge in [-0.3, -0.25) is 4.90 Å². The van der Waals surface area contributed by atoms with Crippen LogP contribution in [0.3, 0.4) is 0 Å². The number of sulfonamides is 1.